The monoisotopic (exact) mass is 401 g/mol. The van der Waals surface area contributed by atoms with E-state index in [1.165, 1.54) is 17.7 Å². The molecule has 5 nitrogen and oxygen atoms in total. The summed E-state index contributed by atoms with van der Waals surface area (Å²) in [4.78, 5) is 27.1. The van der Waals surface area contributed by atoms with Crippen molar-refractivity contribution in [3.8, 4) is 0 Å². The van der Waals surface area contributed by atoms with Gasteiger partial charge >= 0.3 is 0 Å². The van der Waals surface area contributed by atoms with Crippen LogP contribution in [0.5, 0.6) is 0 Å². The van der Waals surface area contributed by atoms with Gasteiger partial charge in [0, 0.05) is 17.9 Å². The van der Waals surface area contributed by atoms with Gasteiger partial charge in [-0.2, -0.15) is 0 Å². The summed E-state index contributed by atoms with van der Waals surface area (Å²) in [6.45, 7) is 10.4. The number of allylic oxidation sites excluding steroid dienone is 5. The van der Waals surface area contributed by atoms with E-state index in [1.807, 2.05) is 13.0 Å². The number of hydrogen-bond donors (Lipinski definition) is 3. The molecule has 7 unspecified atom stereocenters. The Balaban J connectivity index is 2.20. The van der Waals surface area contributed by atoms with Crippen molar-refractivity contribution in [2.45, 2.75) is 72.1 Å². The highest BCUT2D eigenvalue weighted by molar-refractivity contribution is 6.13. The van der Waals surface area contributed by atoms with Crippen LogP contribution < -0.4 is 5.32 Å². The van der Waals surface area contributed by atoms with Crippen molar-refractivity contribution in [3.63, 3.8) is 0 Å². The first-order valence-electron chi connectivity index (χ1n) is 10.8. The van der Waals surface area contributed by atoms with Crippen LogP contribution in [0.25, 0.3) is 0 Å². The molecule has 5 heteroatoms. The van der Waals surface area contributed by atoms with Crippen LogP contribution in [-0.4, -0.2) is 40.2 Å². The third kappa shape index (κ3) is 3.75. The third-order valence-corrected chi connectivity index (χ3v) is 7.15. The van der Waals surface area contributed by atoms with Crippen molar-refractivity contribution in [2.24, 2.45) is 29.1 Å². The molecule has 1 amide bonds. The zero-order valence-electron chi connectivity index (χ0n) is 18.2. The average Bonchev–Trinajstić information content (AvgIpc) is 2.93. The predicted octanol–water partition coefficient (Wildman–Crippen LogP) is 2.93. The number of carbonyl (C=O) groups excluding carboxylic acids is 2. The van der Waals surface area contributed by atoms with E-state index < -0.39 is 17.6 Å². The maximum Gasteiger partial charge on any atom is 0.235 e. The second kappa shape index (κ2) is 8.19. The Morgan fingerprint density at radius 1 is 1.21 bits per heavy atom. The van der Waals surface area contributed by atoms with Crippen LogP contribution in [0.2, 0.25) is 0 Å². The molecule has 7 atom stereocenters. The van der Waals surface area contributed by atoms with Gasteiger partial charge in [-0.1, -0.05) is 50.1 Å². The highest BCUT2D eigenvalue weighted by Crippen LogP contribution is 2.55. The highest BCUT2D eigenvalue weighted by Gasteiger charge is 2.64. The van der Waals surface area contributed by atoms with E-state index in [1.54, 1.807) is 0 Å². The molecule has 3 rings (SSSR count). The van der Waals surface area contributed by atoms with Gasteiger partial charge in [0.15, 0.2) is 5.78 Å². The minimum atomic E-state index is -1.20. The molecule has 29 heavy (non-hydrogen) atoms. The molecule has 160 valence electrons. The first kappa shape index (κ1) is 22.0. The zero-order chi connectivity index (χ0) is 21.5. The SMILES string of the molecule is CC1=CC2/C=C(\C)CCC(O)C(O)/C=C\C(=O)C23C(=O)NC(CC(C)C)C3C1C. The molecule has 1 fully saturated rings. The number of rotatable bonds is 2. The second-order valence-electron chi connectivity index (χ2n) is 9.66. The lowest BCUT2D eigenvalue weighted by atomic mass is 9.55. The lowest BCUT2D eigenvalue weighted by Crippen LogP contribution is -2.51. The number of aliphatic hydroxyl groups excluding tert-OH is 2. The van der Waals surface area contributed by atoms with Gasteiger partial charge in [0.05, 0.1) is 12.2 Å². The van der Waals surface area contributed by atoms with Crippen LogP contribution in [0.3, 0.4) is 0 Å². The van der Waals surface area contributed by atoms with Crippen molar-refractivity contribution < 1.29 is 19.8 Å². The van der Waals surface area contributed by atoms with Crippen LogP contribution in [0.15, 0.2) is 35.5 Å². The first-order chi connectivity index (χ1) is 13.6. The number of aliphatic hydroxyl groups is 2. The van der Waals surface area contributed by atoms with Crippen molar-refractivity contribution in [2.75, 3.05) is 0 Å². The Hall–Kier alpha value is -1.72. The molecule has 0 aromatic carbocycles. The molecule has 1 spiro atoms. The molecule has 3 aliphatic rings. The molecule has 0 aromatic rings. The molecule has 1 heterocycles. The van der Waals surface area contributed by atoms with Gasteiger partial charge in [-0.05, 0) is 51.0 Å². The maximum absolute atomic E-state index is 13.6. The van der Waals surface area contributed by atoms with E-state index in [0.717, 1.165) is 12.0 Å². The summed E-state index contributed by atoms with van der Waals surface area (Å²) in [7, 11) is 0. The maximum atomic E-state index is 13.6. The van der Waals surface area contributed by atoms with Crippen molar-refractivity contribution >= 4 is 11.7 Å². The second-order valence-corrected chi connectivity index (χ2v) is 9.66. The van der Waals surface area contributed by atoms with Gasteiger partial charge in [0.1, 0.15) is 5.41 Å². The summed E-state index contributed by atoms with van der Waals surface area (Å²) < 4.78 is 0. The van der Waals surface area contributed by atoms with Crippen LogP contribution >= 0.6 is 0 Å². The molecule has 1 saturated heterocycles. The van der Waals surface area contributed by atoms with E-state index in [4.69, 9.17) is 0 Å². The zero-order valence-corrected chi connectivity index (χ0v) is 18.2. The first-order valence-corrected chi connectivity index (χ1v) is 10.8. The van der Waals surface area contributed by atoms with Gasteiger partial charge in [-0.15, -0.1) is 0 Å². The minimum Gasteiger partial charge on any atom is -0.390 e. The summed E-state index contributed by atoms with van der Waals surface area (Å²) in [6, 6.07) is -0.0599. The Kier molecular flexibility index (Phi) is 6.21. The van der Waals surface area contributed by atoms with Crippen LogP contribution in [0.1, 0.15) is 53.9 Å². The standard InChI is InChI=1S/C24H35NO4/c1-13(2)10-18-22-16(5)15(4)12-17-11-14(3)6-7-19(26)20(27)8-9-21(28)24(17,22)23(29)25-18/h8-9,11-13,16-20,22,26-27H,6-7,10H2,1-5H3,(H,25,29)/b9-8-,14-11+. The number of carbonyl (C=O) groups is 2. The topological polar surface area (TPSA) is 86.6 Å². The molecule has 0 radical (unpaired) electrons. The quantitative estimate of drug-likeness (QED) is 0.490. The van der Waals surface area contributed by atoms with Crippen LogP contribution in [0.4, 0.5) is 0 Å². The van der Waals surface area contributed by atoms with Crippen LogP contribution in [0, 0.1) is 29.1 Å². The smallest absolute Gasteiger partial charge is 0.235 e. The van der Waals surface area contributed by atoms with Crippen LogP contribution in [-0.2, 0) is 9.59 Å². The minimum absolute atomic E-state index is 0.0599. The van der Waals surface area contributed by atoms with Crippen molar-refractivity contribution in [1.29, 1.82) is 0 Å². The number of ketones is 1. The summed E-state index contributed by atoms with van der Waals surface area (Å²) in [5.41, 5.74) is 1.02. The van der Waals surface area contributed by atoms with Gasteiger partial charge in [0.25, 0.3) is 0 Å². The summed E-state index contributed by atoms with van der Waals surface area (Å²) in [5.74, 6) is -0.455. The van der Waals surface area contributed by atoms with E-state index in [0.29, 0.717) is 18.8 Å². The van der Waals surface area contributed by atoms with Gasteiger partial charge in [-0.3, -0.25) is 9.59 Å². The summed E-state index contributed by atoms with van der Waals surface area (Å²) >= 11 is 0. The highest BCUT2D eigenvalue weighted by atomic mass is 16.3. The van der Waals surface area contributed by atoms with Gasteiger partial charge in [-0.25, -0.2) is 0 Å². The lowest BCUT2D eigenvalue weighted by Gasteiger charge is -2.44. The molecule has 0 saturated carbocycles. The summed E-state index contributed by atoms with van der Waals surface area (Å²) in [5, 5.41) is 23.6. The Bertz CT molecular complexity index is 765. The fourth-order valence-electron chi connectivity index (χ4n) is 5.53. The van der Waals surface area contributed by atoms with Gasteiger partial charge < -0.3 is 15.5 Å². The average molecular weight is 402 g/mol. The molecule has 2 aliphatic carbocycles. The number of nitrogens with one attached hydrogen (secondary N) is 1. The molecule has 1 aliphatic heterocycles. The number of amides is 1. The molecule has 0 aromatic heterocycles. The fraction of sp³-hybridized carbons (Fsp3) is 0.667. The van der Waals surface area contributed by atoms with E-state index in [-0.39, 0.29) is 35.5 Å². The Labute approximate surface area is 174 Å². The molecular weight excluding hydrogens is 366 g/mol. The van der Waals surface area contributed by atoms with E-state index >= 15 is 0 Å². The Morgan fingerprint density at radius 2 is 1.90 bits per heavy atom. The van der Waals surface area contributed by atoms with Crippen molar-refractivity contribution in [1.82, 2.24) is 5.32 Å². The van der Waals surface area contributed by atoms with Gasteiger partial charge in [0.2, 0.25) is 5.91 Å². The number of hydrogen-bond acceptors (Lipinski definition) is 4. The fourth-order valence-corrected chi connectivity index (χ4v) is 5.53. The molecule has 0 bridgehead atoms. The normalized spacial score (nSPS) is 43.4. The predicted molar refractivity (Wildman–Crippen MR) is 113 cm³/mol. The van der Waals surface area contributed by atoms with E-state index in [2.05, 4.69) is 39.1 Å². The van der Waals surface area contributed by atoms with Crippen molar-refractivity contribution in [3.05, 3.63) is 35.5 Å². The summed E-state index contributed by atoms with van der Waals surface area (Å²) in [6.07, 6.45) is 6.60. The molecular formula is C24H35NO4. The third-order valence-electron chi connectivity index (χ3n) is 7.15. The largest absolute Gasteiger partial charge is 0.390 e. The lowest BCUT2D eigenvalue weighted by molar-refractivity contribution is -0.142. The van der Waals surface area contributed by atoms with E-state index in [9.17, 15) is 19.8 Å². The Morgan fingerprint density at radius 3 is 2.55 bits per heavy atom. The molecule has 3 N–H and O–H groups in total.